The minimum absolute atomic E-state index is 0.0132. The van der Waals surface area contributed by atoms with E-state index in [-0.39, 0.29) is 23.9 Å². The molecule has 0 unspecified atom stereocenters. The fourth-order valence-electron chi connectivity index (χ4n) is 3.39. The van der Waals surface area contributed by atoms with Crippen LogP contribution in [-0.4, -0.2) is 70.3 Å². The van der Waals surface area contributed by atoms with Crippen molar-refractivity contribution in [3.63, 3.8) is 0 Å². The van der Waals surface area contributed by atoms with Crippen molar-refractivity contribution in [2.75, 3.05) is 37.4 Å². The summed E-state index contributed by atoms with van der Waals surface area (Å²) in [5, 5.41) is 3.05. The first kappa shape index (κ1) is 20.5. The van der Waals surface area contributed by atoms with E-state index in [0.29, 0.717) is 44.2 Å². The summed E-state index contributed by atoms with van der Waals surface area (Å²) in [4.78, 5) is 33.0. The molecule has 0 saturated carbocycles. The number of rotatable bonds is 8. The molecule has 0 aliphatic carbocycles. The van der Waals surface area contributed by atoms with Gasteiger partial charge >= 0.3 is 0 Å². The fraction of sp³-hybridized carbons (Fsp3) is 0.611. The van der Waals surface area contributed by atoms with Crippen LogP contribution in [0.3, 0.4) is 0 Å². The molecule has 3 N–H and O–H groups in total. The van der Waals surface area contributed by atoms with Crippen molar-refractivity contribution in [3.8, 4) is 0 Å². The zero-order valence-corrected chi connectivity index (χ0v) is 16.6. The molecular weight excluding hydrogens is 350 g/mol. The van der Waals surface area contributed by atoms with Crippen LogP contribution in [0.5, 0.6) is 0 Å². The van der Waals surface area contributed by atoms with Crippen LogP contribution < -0.4 is 11.1 Å². The first-order chi connectivity index (χ1) is 12.5. The van der Waals surface area contributed by atoms with Crippen LogP contribution in [0.2, 0.25) is 0 Å². The number of nitrogens with two attached hydrogens (primary N) is 1. The van der Waals surface area contributed by atoms with Gasteiger partial charge in [-0.25, -0.2) is 4.98 Å². The second-order valence-corrected chi connectivity index (χ2v) is 7.30. The van der Waals surface area contributed by atoms with Gasteiger partial charge in [-0.05, 0) is 32.6 Å². The molecule has 2 amide bonds. The van der Waals surface area contributed by atoms with Crippen LogP contribution in [0.15, 0.2) is 18.3 Å². The van der Waals surface area contributed by atoms with E-state index >= 15 is 0 Å². The molecule has 2 atom stereocenters. The Bertz CT molecular complexity index is 623. The number of likely N-dealkylation sites (N-methyl/N-ethyl adjacent to an activating group) is 1. The first-order valence-electron chi connectivity index (χ1n) is 9.00. The van der Waals surface area contributed by atoms with E-state index in [2.05, 4.69) is 15.2 Å². The van der Waals surface area contributed by atoms with E-state index in [4.69, 9.17) is 5.73 Å². The summed E-state index contributed by atoms with van der Waals surface area (Å²) in [5.74, 6) is 1.04. The van der Waals surface area contributed by atoms with Gasteiger partial charge in [0, 0.05) is 44.0 Å². The van der Waals surface area contributed by atoms with E-state index in [0.717, 1.165) is 5.56 Å². The Kier molecular flexibility index (Phi) is 7.71. The summed E-state index contributed by atoms with van der Waals surface area (Å²) in [6.45, 7) is 6.50. The van der Waals surface area contributed by atoms with Gasteiger partial charge in [-0.15, -0.1) is 0 Å². The van der Waals surface area contributed by atoms with E-state index in [1.165, 1.54) is 11.8 Å². The number of amides is 2. The summed E-state index contributed by atoms with van der Waals surface area (Å²) < 4.78 is 0. The predicted octanol–water partition coefficient (Wildman–Crippen LogP) is 0.954. The molecule has 1 aromatic heterocycles. The number of thioether (sulfide) groups is 1. The van der Waals surface area contributed by atoms with Crippen molar-refractivity contribution in [3.05, 3.63) is 23.9 Å². The molecule has 0 radical (unpaired) electrons. The highest BCUT2D eigenvalue weighted by Gasteiger charge is 2.39. The molecule has 26 heavy (non-hydrogen) atoms. The number of aromatic nitrogens is 1. The highest BCUT2D eigenvalue weighted by Crippen LogP contribution is 2.24. The molecule has 8 heteroatoms. The predicted molar refractivity (Wildman–Crippen MR) is 106 cm³/mol. The number of hydrogen-bond donors (Lipinski definition) is 2. The zero-order valence-electron chi connectivity index (χ0n) is 15.8. The van der Waals surface area contributed by atoms with Gasteiger partial charge in [0.1, 0.15) is 5.82 Å². The second-order valence-electron chi connectivity index (χ2n) is 6.44. The molecule has 2 rings (SSSR count). The van der Waals surface area contributed by atoms with Crippen molar-refractivity contribution in [2.45, 2.75) is 38.9 Å². The van der Waals surface area contributed by atoms with Crippen molar-refractivity contribution < 1.29 is 9.59 Å². The Labute approximate surface area is 159 Å². The summed E-state index contributed by atoms with van der Waals surface area (Å²) in [6.07, 6.45) is 4.18. The van der Waals surface area contributed by atoms with E-state index in [9.17, 15) is 9.59 Å². The lowest BCUT2D eigenvalue weighted by molar-refractivity contribution is -0.135. The molecule has 0 spiro atoms. The number of nitrogen functional groups attached to an aromatic ring is 1. The van der Waals surface area contributed by atoms with E-state index < -0.39 is 0 Å². The number of nitrogens with zero attached hydrogens (tertiary/aromatic N) is 3. The van der Waals surface area contributed by atoms with Gasteiger partial charge in [0.2, 0.25) is 11.8 Å². The Balaban J connectivity index is 2.15. The fourth-order valence-corrected chi connectivity index (χ4v) is 3.74. The van der Waals surface area contributed by atoms with Crippen molar-refractivity contribution in [1.29, 1.82) is 0 Å². The Morgan fingerprint density at radius 2 is 2.15 bits per heavy atom. The normalized spacial score (nSPS) is 20.1. The SMILES string of the molecule is CCN(CC)C(=O)[C@@H]1C[C@@H](NC(=O)CSC)CN1Cc1cccnc1N. The Morgan fingerprint density at radius 1 is 1.42 bits per heavy atom. The highest BCUT2D eigenvalue weighted by molar-refractivity contribution is 7.99. The van der Waals surface area contributed by atoms with Crippen molar-refractivity contribution >= 4 is 29.4 Å². The van der Waals surface area contributed by atoms with Gasteiger partial charge in [0.15, 0.2) is 0 Å². The Hall–Kier alpha value is -1.80. The van der Waals surface area contributed by atoms with Gasteiger partial charge < -0.3 is 16.0 Å². The molecule has 1 aliphatic rings. The lowest BCUT2D eigenvalue weighted by Crippen LogP contribution is -2.45. The molecular formula is C18H29N5O2S. The van der Waals surface area contributed by atoms with E-state index in [1.807, 2.05) is 37.1 Å². The van der Waals surface area contributed by atoms with Gasteiger partial charge in [-0.1, -0.05) is 6.07 Å². The van der Waals surface area contributed by atoms with Crippen LogP contribution in [0, 0.1) is 0 Å². The lowest BCUT2D eigenvalue weighted by Gasteiger charge is -2.28. The van der Waals surface area contributed by atoms with Crippen LogP contribution >= 0.6 is 11.8 Å². The molecule has 7 nitrogen and oxygen atoms in total. The standard InChI is InChI=1S/C18H29N5O2S/c1-4-22(5-2)18(25)15-9-14(21-16(24)12-26-3)11-23(15)10-13-7-6-8-20-17(13)19/h6-8,14-15H,4-5,9-12H2,1-3H3,(H2,19,20)(H,21,24)/t14-,15+/m1/s1. The Morgan fingerprint density at radius 3 is 2.77 bits per heavy atom. The molecule has 0 aromatic carbocycles. The average Bonchev–Trinajstić information content (AvgIpc) is 3.00. The molecule has 1 aromatic rings. The number of nitrogens with one attached hydrogen (secondary N) is 1. The minimum Gasteiger partial charge on any atom is -0.383 e. The largest absolute Gasteiger partial charge is 0.383 e. The number of carbonyl (C=O) groups is 2. The summed E-state index contributed by atoms with van der Waals surface area (Å²) in [7, 11) is 0. The molecule has 1 fully saturated rings. The quantitative estimate of drug-likeness (QED) is 0.699. The minimum atomic E-state index is -0.255. The molecule has 0 bridgehead atoms. The monoisotopic (exact) mass is 379 g/mol. The lowest BCUT2D eigenvalue weighted by atomic mass is 10.1. The second kappa shape index (κ2) is 9.78. The zero-order chi connectivity index (χ0) is 19.1. The molecule has 1 aliphatic heterocycles. The van der Waals surface area contributed by atoms with Crippen LogP contribution in [0.25, 0.3) is 0 Å². The van der Waals surface area contributed by atoms with E-state index in [1.54, 1.807) is 6.20 Å². The number of anilines is 1. The first-order valence-corrected chi connectivity index (χ1v) is 10.4. The summed E-state index contributed by atoms with van der Waals surface area (Å²) >= 11 is 1.49. The van der Waals surface area contributed by atoms with Gasteiger partial charge in [0.25, 0.3) is 0 Å². The average molecular weight is 380 g/mol. The van der Waals surface area contributed by atoms with Gasteiger partial charge in [-0.3, -0.25) is 14.5 Å². The third-order valence-corrected chi connectivity index (χ3v) is 5.25. The summed E-state index contributed by atoms with van der Waals surface area (Å²) in [6, 6.07) is 3.49. The smallest absolute Gasteiger partial charge is 0.240 e. The van der Waals surface area contributed by atoms with Crippen LogP contribution in [0.1, 0.15) is 25.8 Å². The third kappa shape index (κ3) is 5.11. The molecule has 1 saturated heterocycles. The van der Waals surface area contributed by atoms with Crippen molar-refractivity contribution in [1.82, 2.24) is 20.1 Å². The number of likely N-dealkylation sites (tertiary alicyclic amines) is 1. The number of carbonyl (C=O) groups excluding carboxylic acids is 2. The molecule has 2 heterocycles. The van der Waals surface area contributed by atoms with Crippen molar-refractivity contribution in [2.24, 2.45) is 0 Å². The maximum absolute atomic E-state index is 13.0. The molecule has 144 valence electrons. The summed E-state index contributed by atoms with van der Waals surface area (Å²) in [5.41, 5.74) is 6.89. The van der Waals surface area contributed by atoms with Gasteiger partial charge in [0.05, 0.1) is 11.8 Å². The highest BCUT2D eigenvalue weighted by atomic mass is 32.2. The maximum Gasteiger partial charge on any atom is 0.240 e. The third-order valence-electron chi connectivity index (χ3n) is 4.70. The topological polar surface area (TPSA) is 91.6 Å². The van der Waals surface area contributed by atoms with Gasteiger partial charge in [-0.2, -0.15) is 11.8 Å². The maximum atomic E-state index is 13.0. The van der Waals surface area contributed by atoms with Crippen LogP contribution in [-0.2, 0) is 16.1 Å². The number of hydrogen-bond acceptors (Lipinski definition) is 6. The number of pyridine rings is 1. The van der Waals surface area contributed by atoms with Crippen LogP contribution in [0.4, 0.5) is 5.82 Å².